The lowest BCUT2D eigenvalue weighted by atomic mass is 10.0. The zero-order valence-electron chi connectivity index (χ0n) is 16.7. The molecule has 24 heavy (non-hydrogen) atoms. The van der Waals surface area contributed by atoms with Crippen molar-refractivity contribution in [3.63, 3.8) is 0 Å². The lowest BCUT2D eigenvalue weighted by Gasteiger charge is -2.07. The monoisotopic (exact) mass is 326 g/mol. The van der Waals surface area contributed by atoms with Gasteiger partial charge < -0.3 is 0 Å². The molecule has 0 unspecified atom stereocenters. The molecule has 0 fully saturated rings. The Kier molecular flexibility index (Phi) is 8.10. The van der Waals surface area contributed by atoms with Crippen molar-refractivity contribution in [2.24, 2.45) is 0 Å². The molecule has 0 saturated heterocycles. The molecule has 132 valence electrons. The van der Waals surface area contributed by atoms with Gasteiger partial charge in [-0.15, -0.1) is 0 Å². The van der Waals surface area contributed by atoms with Crippen LogP contribution in [0.1, 0.15) is 102 Å². The van der Waals surface area contributed by atoms with Crippen molar-refractivity contribution in [1.82, 2.24) is 9.97 Å². The topological polar surface area (TPSA) is 25.8 Å². The Hall–Kier alpha value is -1.70. The van der Waals surface area contributed by atoms with E-state index < -0.39 is 0 Å². The molecule has 0 aromatic carbocycles. The first-order valence-corrected chi connectivity index (χ1v) is 9.14. The van der Waals surface area contributed by atoms with Gasteiger partial charge in [0.2, 0.25) is 0 Å². The summed E-state index contributed by atoms with van der Waals surface area (Å²) >= 11 is 0. The van der Waals surface area contributed by atoms with Gasteiger partial charge >= 0.3 is 0 Å². The van der Waals surface area contributed by atoms with E-state index in [0.717, 1.165) is 0 Å². The van der Waals surface area contributed by atoms with Crippen LogP contribution in [0.15, 0.2) is 36.7 Å². The second kappa shape index (κ2) is 9.56. The molecule has 2 aromatic rings. The SMILES string of the molecule is CC(C)c1ccc(C(C)C)nc1.CC(C)c1ccc(C(C)C)nc1. The number of pyridine rings is 2. The van der Waals surface area contributed by atoms with Gasteiger partial charge in [0.15, 0.2) is 0 Å². The molecule has 0 atom stereocenters. The van der Waals surface area contributed by atoms with Crippen molar-refractivity contribution in [3.8, 4) is 0 Å². The van der Waals surface area contributed by atoms with E-state index in [1.807, 2.05) is 12.4 Å². The molecular formula is C22H34N2. The smallest absolute Gasteiger partial charge is 0.0429 e. The Labute approximate surface area is 148 Å². The molecule has 2 heteroatoms. The molecule has 0 aliphatic heterocycles. The van der Waals surface area contributed by atoms with E-state index in [1.165, 1.54) is 22.5 Å². The van der Waals surface area contributed by atoms with Gasteiger partial charge in [0.25, 0.3) is 0 Å². The second-order valence-corrected chi connectivity index (χ2v) is 7.65. The third-order valence-electron chi connectivity index (χ3n) is 4.13. The summed E-state index contributed by atoms with van der Waals surface area (Å²) in [4.78, 5) is 8.80. The summed E-state index contributed by atoms with van der Waals surface area (Å²) < 4.78 is 0. The fraction of sp³-hybridized carbons (Fsp3) is 0.545. The number of hydrogen-bond acceptors (Lipinski definition) is 2. The van der Waals surface area contributed by atoms with E-state index in [-0.39, 0.29) is 0 Å². The predicted molar refractivity (Wildman–Crippen MR) is 105 cm³/mol. The maximum absolute atomic E-state index is 4.40. The van der Waals surface area contributed by atoms with Crippen LogP contribution in [-0.4, -0.2) is 9.97 Å². The lowest BCUT2D eigenvalue weighted by molar-refractivity contribution is 0.802. The molecule has 0 amide bonds. The Bertz CT molecular complexity index is 469. The standard InChI is InChI=1S/2C11H17N/c2*1-8(2)10-5-6-11(9(3)4)12-7-10/h2*5-9H,1-4H3. The molecule has 0 N–H and O–H groups in total. The first kappa shape index (κ1) is 20.3. The largest absolute Gasteiger partial charge is 0.261 e. The summed E-state index contributed by atoms with van der Waals surface area (Å²) in [5.74, 6) is 2.23. The minimum absolute atomic E-state index is 0.534. The van der Waals surface area contributed by atoms with Crippen LogP contribution in [0.3, 0.4) is 0 Å². The molecule has 2 aromatic heterocycles. The first-order chi connectivity index (χ1) is 11.2. The molecule has 0 radical (unpaired) electrons. The number of hydrogen-bond donors (Lipinski definition) is 0. The summed E-state index contributed by atoms with van der Waals surface area (Å²) in [5, 5.41) is 0. The number of rotatable bonds is 4. The Morgan fingerprint density at radius 1 is 0.500 bits per heavy atom. The van der Waals surface area contributed by atoms with E-state index in [4.69, 9.17) is 0 Å². The van der Waals surface area contributed by atoms with Crippen molar-refractivity contribution in [2.45, 2.75) is 79.1 Å². The minimum Gasteiger partial charge on any atom is -0.261 e. The van der Waals surface area contributed by atoms with E-state index in [1.54, 1.807) is 0 Å². The third kappa shape index (κ3) is 6.43. The van der Waals surface area contributed by atoms with Gasteiger partial charge in [0.1, 0.15) is 0 Å². The lowest BCUT2D eigenvalue weighted by Crippen LogP contribution is -1.94. The van der Waals surface area contributed by atoms with Crippen LogP contribution in [0.5, 0.6) is 0 Å². The van der Waals surface area contributed by atoms with Crippen LogP contribution in [0.25, 0.3) is 0 Å². The fourth-order valence-corrected chi connectivity index (χ4v) is 2.20. The maximum atomic E-state index is 4.40. The quantitative estimate of drug-likeness (QED) is 0.628. The molecule has 0 aliphatic rings. The Balaban J connectivity index is 0.000000240. The number of aromatic nitrogens is 2. The van der Waals surface area contributed by atoms with Crippen LogP contribution >= 0.6 is 0 Å². The molecule has 2 heterocycles. The summed E-state index contributed by atoms with van der Waals surface area (Å²) in [7, 11) is 0. The Morgan fingerprint density at radius 2 is 0.833 bits per heavy atom. The van der Waals surface area contributed by atoms with E-state index in [2.05, 4.69) is 89.6 Å². The summed E-state index contributed by atoms with van der Waals surface area (Å²) in [6, 6.07) is 8.60. The average molecular weight is 327 g/mol. The van der Waals surface area contributed by atoms with Crippen molar-refractivity contribution in [1.29, 1.82) is 0 Å². The third-order valence-corrected chi connectivity index (χ3v) is 4.13. The maximum Gasteiger partial charge on any atom is 0.0429 e. The van der Waals surface area contributed by atoms with Gasteiger partial charge in [-0.3, -0.25) is 9.97 Å². The van der Waals surface area contributed by atoms with Gasteiger partial charge in [-0.05, 0) is 46.9 Å². The normalized spacial score (nSPS) is 11.2. The first-order valence-electron chi connectivity index (χ1n) is 9.14. The molecule has 0 saturated carbocycles. The highest BCUT2D eigenvalue weighted by Gasteiger charge is 2.03. The van der Waals surface area contributed by atoms with Gasteiger partial charge in [0, 0.05) is 23.8 Å². The Morgan fingerprint density at radius 3 is 1.00 bits per heavy atom. The molecule has 2 rings (SSSR count). The second-order valence-electron chi connectivity index (χ2n) is 7.65. The van der Waals surface area contributed by atoms with Crippen LogP contribution in [-0.2, 0) is 0 Å². The van der Waals surface area contributed by atoms with Crippen LogP contribution < -0.4 is 0 Å². The van der Waals surface area contributed by atoms with E-state index in [9.17, 15) is 0 Å². The summed E-state index contributed by atoms with van der Waals surface area (Å²) in [5.41, 5.74) is 5.00. The van der Waals surface area contributed by atoms with Crippen LogP contribution in [0, 0.1) is 0 Å². The van der Waals surface area contributed by atoms with Crippen LogP contribution in [0.2, 0.25) is 0 Å². The zero-order chi connectivity index (χ0) is 18.3. The summed E-state index contributed by atoms with van der Waals surface area (Å²) in [6.45, 7) is 17.4. The van der Waals surface area contributed by atoms with Gasteiger partial charge in [-0.1, -0.05) is 67.5 Å². The van der Waals surface area contributed by atoms with Gasteiger partial charge in [-0.25, -0.2) is 0 Å². The molecule has 0 aliphatic carbocycles. The van der Waals surface area contributed by atoms with Gasteiger partial charge in [0.05, 0.1) is 0 Å². The van der Waals surface area contributed by atoms with Crippen molar-refractivity contribution < 1.29 is 0 Å². The molecule has 2 nitrogen and oxygen atoms in total. The molecular weight excluding hydrogens is 292 g/mol. The molecule has 0 bridgehead atoms. The summed E-state index contributed by atoms with van der Waals surface area (Å²) in [6.07, 6.45) is 3.97. The van der Waals surface area contributed by atoms with Crippen molar-refractivity contribution in [2.75, 3.05) is 0 Å². The van der Waals surface area contributed by atoms with E-state index >= 15 is 0 Å². The highest BCUT2D eigenvalue weighted by atomic mass is 14.7. The van der Waals surface area contributed by atoms with Crippen LogP contribution in [0.4, 0.5) is 0 Å². The predicted octanol–water partition coefficient (Wildman–Crippen LogP) is 6.66. The highest BCUT2D eigenvalue weighted by Crippen LogP contribution is 2.17. The minimum atomic E-state index is 0.534. The van der Waals surface area contributed by atoms with Crippen molar-refractivity contribution >= 4 is 0 Å². The van der Waals surface area contributed by atoms with E-state index in [0.29, 0.717) is 23.7 Å². The average Bonchev–Trinajstić information content (AvgIpc) is 2.55. The zero-order valence-corrected chi connectivity index (χ0v) is 16.7. The highest BCUT2D eigenvalue weighted by molar-refractivity contribution is 5.19. The molecule has 0 spiro atoms. The van der Waals surface area contributed by atoms with Crippen molar-refractivity contribution in [3.05, 3.63) is 59.2 Å². The van der Waals surface area contributed by atoms with Gasteiger partial charge in [-0.2, -0.15) is 0 Å². The fourth-order valence-electron chi connectivity index (χ4n) is 2.20. The number of nitrogens with zero attached hydrogens (tertiary/aromatic N) is 2.